The number of hydrogen-bond donors (Lipinski definition) is 1. The molecule has 0 bridgehead atoms. The monoisotopic (exact) mass is 258 g/mol. The van der Waals surface area contributed by atoms with E-state index in [4.69, 9.17) is 5.73 Å². The first-order valence-corrected chi connectivity index (χ1v) is 6.11. The van der Waals surface area contributed by atoms with Gasteiger partial charge in [-0.25, -0.2) is 0 Å². The average molecular weight is 258 g/mol. The fraction of sp³-hybridized carbons (Fsp3) is 0.286. The summed E-state index contributed by atoms with van der Waals surface area (Å²) < 4.78 is 1.71. The van der Waals surface area contributed by atoms with Crippen LogP contribution in [0.4, 0.5) is 0 Å². The van der Waals surface area contributed by atoms with Gasteiger partial charge in [-0.1, -0.05) is 30.3 Å². The highest BCUT2D eigenvalue weighted by molar-refractivity contribution is 5.82. The molecule has 100 valence electrons. The van der Waals surface area contributed by atoms with Crippen LogP contribution in [-0.4, -0.2) is 27.6 Å². The van der Waals surface area contributed by atoms with Crippen LogP contribution in [0.3, 0.4) is 0 Å². The summed E-state index contributed by atoms with van der Waals surface area (Å²) in [6.07, 6.45) is 3.63. The summed E-state index contributed by atoms with van der Waals surface area (Å²) in [5, 5.41) is 4.08. The fourth-order valence-corrected chi connectivity index (χ4v) is 1.95. The highest BCUT2D eigenvalue weighted by atomic mass is 16.2. The number of rotatable bonds is 4. The average Bonchev–Trinajstić information content (AvgIpc) is 2.83. The molecule has 1 aromatic carbocycles. The van der Waals surface area contributed by atoms with Gasteiger partial charge in [-0.05, 0) is 5.56 Å². The van der Waals surface area contributed by atoms with Crippen molar-refractivity contribution >= 4 is 5.91 Å². The minimum absolute atomic E-state index is 0.102. The van der Waals surface area contributed by atoms with Crippen LogP contribution in [0.25, 0.3) is 0 Å². The van der Waals surface area contributed by atoms with Gasteiger partial charge >= 0.3 is 0 Å². The Bertz CT molecular complexity index is 550. The molecule has 0 saturated carbocycles. The van der Waals surface area contributed by atoms with Gasteiger partial charge in [0, 0.05) is 32.4 Å². The summed E-state index contributed by atoms with van der Waals surface area (Å²) in [5.41, 5.74) is 7.80. The normalized spacial score (nSPS) is 12.2. The summed E-state index contributed by atoms with van der Waals surface area (Å²) in [7, 11) is 3.60. The van der Waals surface area contributed by atoms with E-state index in [1.54, 1.807) is 22.8 Å². The Hall–Kier alpha value is -2.14. The zero-order valence-electron chi connectivity index (χ0n) is 11.2. The molecule has 0 saturated heterocycles. The molecule has 19 heavy (non-hydrogen) atoms. The smallest absolute Gasteiger partial charge is 0.244 e. The zero-order valence-corrected chi connectivity index (χ0v) is 11.2. The Kier molecular flexibility index (Phi) is 3.97. The van der Waals surface area contributed by atoms with E-state index in [9.17, 15) is 4.79 Å². The Morgan fingerprint density at radius 1 is 1.42 bits per heavy atom. The third kappa shape index (κ3) is 3.20. The highest BCUT2D eigenvalue weighted by Crippen LogP contribution is 2.13. The lowest BCUT2D eigenvalue weighted by atomic mass is 10.1. The van der Waals surface area contributed by atoms with Crippen molar-refractivity contribution in [3.63, 3.8) is 0 Å². The number of carbonyl (C=O) groups excluding carboxylic acids is 1. The first kappa shape index (κ1) is 13.3. The number of nitrogens with two attached hydrogens (primary N) is 1. The molecule has 0 fully saturated rings. The molecule has 1 unspecified atom stereocenters. The largest absolute Gasteiger partial charge is 0.340 e. The fourth-order valence-electron chi connectivity index (χ4n) is 1.95. The molecule has 0 radical (unpaired) electrons. The predicted octanol–water partition coefficient (Wildman–Crippen LogP) is 1.08. The third-order valence-electron chi connectivity index (χ3n) is 2.98. The standard InChI is InChI=1S/C14H18N4O/c1-17(9-11-8-16-18(2)10-11)14(19)13(15)12-6-4-3-5-7-12/h3-8,10,13H,9,15H2,1-2H3. The van der Waals surface area contributed by atoms with Crippen LogP contribution in [0.2, 0.25) is 0 Å². The van der Waals surface area contributed by atoms with E-state index in [2.05, 4.69) is 5.10 Å². The molecular formula is C14H18N4O. The summed E-state index contributed by atoms with van der Waals surface area (Å²) in [6.45, 7) is 0.507. The summed E-state index contributed by atoms with van der Waals surface area (Å²) >= 11 is 0. The van der Waals surface area contributed by atoms with Crippen molar-refractivity contribution in [2.75, 3.05) is 7.05 Å². The molecule has 2 aromatic rings. The molecule has 1 aromatic heterocycles. The lowest BCUT2D eigenvalue weighted by Gasteiger charge is -2.21. The minimum atomic E-state index is -0.622. The SMILES string of the molecule is CN(Cc1cnn(C)c1)C(=O)C(N)c1ccccc1. The number of benzene rings is 1. The lowest BCUT2D eigenvalue weighted by Crippen LogP contribution is -2.35. The zero-order chi connectivity index (χ0) is 13.8. The van der Waals surface area contributed by atoms with Crippen LogP contribution in [0.5, 0.6) is 0 Å². The third-order valence-corrected chi connectivity index (χ3v) is 2.98. The Morgan fingerprint density at radius 2 is 2.11 bits per heavy atom. The number of aromatic nitrogens is 2. The van der Waals surface area contributed by atoms with Crippen LogP contribution in [0.15, 0.2) is 42.7 Å². The Morgan fingerprint density at radius 3 is 2.68 bits per heavy atom. The van der Waals surface area contributed by atoms with Gasteiger partial charge in [0.2, 0.25) is 5.91 Å². The van der Waals surface area contributed by atoms with Crippen LogP contribution < -0.4 is 5.73 Å². The van der Waals surface area contributed by atoms with Crippen LogP contribution in [0, 0.1) is 0 Å². The highest BCUT2D eigenvalue weighted by Gasteiger charge is 2.19. The van der Waals surface area contributed by atoms with Gasteiger partial charge in [0.15, 0.2) is 0 Å². The number of likely N-dealkylation sites (N-methyl/N-ethyl adjacent to an activating group) is 1. The molecule has 0 spiro atoms. The van der Waals surface area contributed by atoms with Crippen molar-refractivity contribution in [1.29, 1.82) is 0 Å². The second kappa shape index (κ2) is 5.67. The van der Waals surface area contributed by atoms with Crippen molar-refractivity contribution < 1.29 is 4.79 Å². The molecule has 2 N–H and O–H groups in total. The molecule has 1 heterocycles. The van der Waals surface area contributed by atoms with Gasteiger partial charge in [0.25, 0.3) is 0 Å². The second-order valence-electron chi connectivity index (χ2n) is 4.60. The van der Waals surface area contributed by atoms with Crippen LogP contribution in [0.1, 0.15) is 17.2 Å². The van der Waals surface area contributed by atoms with E-state index in [1.807, 2.05) is 43.6 Å². The van der Waals surface area contributed by atoms with E-state index in [1.165, 1.54) is 0 Å². The maximum absolute atomic E-state index is 12.2. The Labute approximate surface area is 112 Å². The van der Waals surface area contributed by atoms with Gasteiger partial charge in [0.05, 0.1) is 6.20 Å². The van der Waals surface area contributed by atoms with Crippen molar-refractivity contribution in [1.82, 2.24) is 14.7 Å². The minimum Gasteiger partial charge on any atom is -0.340 e. The van der Waals surface area contributed by atoms with Crippen LogP contribution >= 0.6 is 0 Å². The van der Waals surface area contributed by atoms with Gasteiger partial charge in [0.1, 0.15) is 6.04 Å². The first-order chi connectivity index (χ1) is 9.08. The van der Waals surface area contributed by atoms with Gasteiger partial charge < -0.3 is 10.6 Å². The van der Waals surface area contributed by atoms with E-state index in [0.29, 0.717) is 6.54 Å². The van der Waals surface area contributed by atoms with E-state index in [0.717, 1.165) is 11.1 Å². The van der Waals surface area contributed by atoms with Crippen molar-refractivity contribution in [3.05, 3.63) is 53.9 Å². The van der Waals surface area contributed by atoms with E-state index < -0.39 is 6.04 Å². The number of amides is 1. The number of aryl methyl sites for hydroxylation is 1. The molecule has 0 aliphatic rings. The quantitative estimate of drug-likeness (QED) is 0.892. The van der Waals surface area contributed by atoms with E-state index >= 15 is 0 Å². The maximum atomic E-state index is 12.2. The number of hydrogen-bond acceptors (Lipinski definition) is 3. The lowest BCUT2D eigenvalue weighted by molar-refractivity contribution is -0.131. The molecule has 0 aliphatic heterocycles. The summed E-state index contributed by atoms with van der Waals surface area (Å²) in [6, 6.07) is 8.76. The predicted molar refractivity (Wildman–Crippen MR) is 73.1 cm³/mol. The number of carbonyl (C=O) groups is 1. The van der Waals surface area contributed by atoms with Gasteiger partial charge in [-0.15, -0.1) is 0 Å². The molecule has 0 aliphatic carbocycles. The molecule has 1 atom stereocenters. The maximum Gasteiger partial charge on any atom is 0.244 e. The molecule has 5 heteroatoms. The van der Waals surface area contributed by atoms with Gasteiger partial charge in [-0.2, -0.15) is 5.10 Å². The van der Waals surface area contributed by atoms with Crippen molar-refractivity contribution in [3.8, 4) is 0 Å². The second-order valence-corrected chi connectivity index (χ2v) is 4.60. The molecule has 5 nitrogen and oxygen atoms in total. The summed E-state index contributed by atoms with van der Waals surface area (Å²) in [4.78, 5) is 13.8. The molecular weight excluding hydrogens is 240 g/mol. The topological polar surface area (TPSA) is 64.2 Å². The molecule has 2 rings (SSSR count). The van der Waals surface area contributed by atoms with Crippen molar-refractivity contribution in [2.45, 2.75) is 12.6 Å². The van der Waals surface area contributed by atoms with Crippen molar-refractivity contribution in [2.24, 2.45) is 12.8 Å². The van der Waals surface area contributed by atoms with E-state index in [-0.39, 0.29) is 5.91 Å². The van der Waals surface area contributed by atoms with Crippen LogP contribution in [-0.2, 0) is 18.4 Å². The number of nitrogens with zero attached hydrogens (tertiary/aromatic N) is 3. The summed E-state index contributed by atoms with van der Waals surface area (Å²) in [5.74, 6) is -0.102. The Balaban J connectivity index is 2.03. The molecule has 1 amide bonds. The van der Waals surface area contributed by atoms with Gasteiger partial charge in [-0.3, -0.25) is 9.48 Å². The first-order valence-electron chi connectivity index (χ1n) is 6.11.